The Morgan fingerprint density at radius 2 is 1.86 bits per heavy atom. The fourth-order valence-corrected chi connectivity index (χ4v) is 9.48. The Hall–Kier alpha value is -5.48. The number of amides is 3. The number of nitrogens with zero attached hydrogens (tertiary/aromatic N) is 4. The number of ether oxygens (including phenoxy) is 2. The van der Waals surface area contributed by atoms with E-state index < -0.39 is 71.2 Å². The summed E-state index contributed by atoms with van der Waals surface area (Å²) in [5, 5.41) is 16.3. The number of likely N-dealkylation sites (N-methyl/N-ethyl adjacent to an activating group) is 1. The number of fused-ring (bicyclic) bond motifs is 6. The minimum Gasteiger partial charge on any atom is -0.508 e. The van der Waals surface area contributed by atoms with E-state index in [1.165, 1.54) is 18.1 Å². The van der Waals surface area contributed by atoms with Gasteiger partial charge in [-0.25, -0.2) is 5.43 Å². The molecule has 3 N–H and O–H groups in total. The van der Waals surface area contributed by atoms with Gasteiger partial charge < -0.3 is 29.4 Å². The molecule has 344 valence electrons. The van der Waals surface area contributed by atoms with Crippen molar-refractivity contribution < 1.29 is 46.9 Å². The van der Waals surface area contributed by atoms with Gasteiger partial charge in [-0.05, 0) is 104 Å². The zero-order chi connectivity index (χ0) is 46.4. The highest BCUT2D eigenvalue weighted by atomic mass is 19.4. The Labute approximate surface area is 371 Å². The van der Waals surface area contributed by atoms with Crippen molar-refractivity contribution in [1.29, 1.82) is 0 Å². The molecule has 1 aliphatic carbocycles. The average molecular weight is 889 g/mol. The topological polar surface area (TPSA) is 155 Å². The molecule has 64 heavy (non-hydrogen) atoms. The van der Waals surface area contributed by atoms with Gasteiger partial charge in [0.05, 0.1) is 35.9 Å². The summed E-state index contributed by atoms with van der Waals surface area (Å²) in [6.07, 6.45) is -2.21. The molecule has 1 saturated carbocycles. The van der Waals surface area contributed by atoms with E-state index in [1.54, 1.807) is 33.2 Å². The van der Waals surface area contributed by atoms with Gasteiger partial charge in [0.25, 0.3) is 5.91 Å². The first-order valence-electron chi connectivity index (χ1n) is 22.1. The number of esters is 1. The maximum Gasteiger partial charge on any atom is 0.392 e. The van der Waals surface area contributed by atoms with Gasteiger partial charge in [0.15, 0.2) is 0 Å². The summed E-state index contributed by atoms with van der Waals surface area (Å²) >= 11 is 0. The van der Waals surface area contributed by atoms with Crippen molar-refractivity contribution in [2.24, 2.45) is 23.2 Å². The molecule has 0 spiro atoms. The molecule has 4 heterocycles. The van der Waals surface area contributed by atoms with E-state index in [0.29, 0.717) is 36.9 Å². The van der Waals surface area contributed by atoms with E-state index in [1.807, 2.05) is 51.1 Å². The summed E-state index contributed by atoms with van der Waals surface area (Å²) in [4.78, 5) is 61.8. The normalized spacial score (nSPS) is 22.4. The van der Waals surface area contributed by atoms with Crippen molar-refractivity contribution in [3.63, 3.8) is 0 Å². The van der Waals surface area contributed by atoms with Gasteiger partial charge in [-0.2, -0.15) is 13.2 Å². The smallest absolute Gasteiger partial charge is 0.392 e. The lowest BCUT2D eigenvalue weighted by Crippen LogP contribution is -2.62. The number of phenolic OH excluding ortho intramolecular Hbond substituents is 1. The van der Waals surface area contributed by atoms with Crippen LogP contribution in [0, 0.1) is 23.2 Å². The molecule has 13 nitrogen and oxygen atoms in total. The van der Waals surface area contributed by atoms with Crippen LogP contribution in [0.2, 0.25) is 0 Å². The van der Waals surface area contributed by atoms with Gasteiger partial charge in [-0.15, -0.1) is 0 Å². The number of methoxy groups -OCH3 is 1. The number of cyclic esters (lactones) is 1. The molecule has 7 rings (SSSR count). The highest BCUT2D eigenvalue weighted by Crippen LogP contribution is 2.51. The van der Waals surface area contributed by atoms with Crippen molar-refractivity contribution in [3.8, 4) is 28.1 Å². The van der Waals surface area contributed by atoms with E-state index in [-0.39, 0.29) is 37.8 Å². The molecule has 16 heteroatoms. The number of carbonyl (C=O) groups is 4. The van der Waals surface area contributed by atoms with Crippen LogP contribution in [0.1, 0.15) is 83.7 Å². The lowest BCUT2D eigenvalue weighted by Gasteiger charge is -2.37. The third-order valence-electron chi connectivity index (χ3n) is 12.9. The first-order chi connectivity index (χ1) is 30.2. The number of hydrogen-bond acceptors (Lipinski definition) is 9. The number of halogens is 3. The Bertz CT molecular complexity index is 2430. The Morgan fingerprint density at radius 3 is 2.53 bits per heavy atom. The quantitative estimate of drug-likeness (QED) is 0.149. The molecule has 2 fully saturated rings. The number of aryl methyl sites for hydroxylation is 1. The van der Waals surface area contributed by atoms with E-state index in [4.69, 9.17) is 14.5 Å². The largest absolute Gasteiger partial charge is 0.508 e. The van der Waals surface area contributed by atoms with Gasteiger partial charge in [0.1, 0.15) is 23.9 Å². The van der Waals surface area contributed by atoms with Crippen LogP contribution in [-0.2, 0) is 48.0 Å². The predicted octanol–water partition coefficient (Wildman–Crippen LogP) is 7.13. The molecule has 0 unspecified atom stereocenters. The van der Waals surface area contributed by atoms with E-state index in [0.717, 1.165) is 43.9 Å². The second-order valence-electron chi connectivity index (χ2n) is 18.7. The number of aromatic hydroxyl groups is 1. The van der Waals surface area contributed by atoms with Crippen LogP contribution in [0.15, 0.2) is 54.7 Å². The number of carbonyl (C=O) groups excluding carboxylic acids is 4. The molecular weight excluding hydrogens is 830 g/mol. The number of hydrazine groups is 1. The van der Waals surface area contributed by atoms with Gasteiger partial charge in [-0.3, -0.25) is 29.2 Å². The third kappa shape index (κ3) is 9.49. The van der Waals surface area contributed by atoms with Crippen molar-refractivity contribution >= 4 is 34.6 Å². The number of alkyl halides is 3. The summed E-state index contributed by atoms with van der Waals surface area (Å²) in [5.41, 5.74) is 9.04. The number of hydrogen-bond donors (Lipinski definition) is 3. The van der Waals surface area contributed by atoms with Crippen molar-refractivity contribution in [2.45, 2.75) is 111 Å². The fourth-order valence-electron chi connectivity index (χ4n) is 9.48. The summed E-state index contributed by atoms with van der Waals surface area (Å²) in [7, 11) is 2.96. The van der Waals surface area contributed by atoms with Crippen LogP contribution in [0.4, 0.5) is 13.2 Å². The van der Waals surface area contributed by atoms with Crippen LogP contribution >= 0.6 is 0 Å². The summed E-state index contributed by atoms with van der Waals surface area (Å²) in [6, 6.07) is 11.7. The highest BCUT2D eigenvalue weighted by Gasteiger charge is 2.60. The second-order valence-corrected chi connectivity index (χ2v) is 18.7. The first kappa shape index (κ1) is 46.5. The standard InChI is InChI=1S/C48H59F3N6O7/c1-9-56-39-15-14-29-22-33(39)35(42(56)32-12-10-16-52-40(32)27(4)63-8)24-47(5,6)25-64-46(62)37-13-11-17-57(54-37)45(61)38(20-28-18-30(29)21-31(58)19-28)53-43(59)41(26(2)3)55(7)44(60)34-23-36(34)48(49,50)51/h10,12,14-16,18-19,21-22,26-27,34,36-38,41,54,58H,9,11,13,17,20,23-25H2,1-8H3,(H,53,59)/t27-,34+,36-,37-,38-,41-/m0/s1. The van der Waals surface area contributed by atoms with E-state index >= 15 is 0 Å². The third-order valence-corrected chi connectivity index (χ3v) is 12.9. The van der Waals surface area contributed by atoms with Gasteiger partial charge in [-0.1, -0.05) is 39.8 Å². The van der Waals surface area contributed by atoms with Gasteiger partial charge in [0, 0.05) is 61.7 Å². The number of benzene rings is 2. The number of phenols is 1. The maximum absolute atomic E-state index is 14.6. The molecule has 2 aliphatic heterocycles. The minimum atomic E-state index is -4.53. The van der Waals surface area contributed by atoms with Crippen LogP contribution in [0.5, 0.6) is 5.75 Å². The predicted molar refractivity (Wildman–Crippen MR) is 234 cm³/mol. The number of rotatable bonds is 9. The molecule has 6 bridgehead atoms. The second kappa shape index (κ2) is 18.2. The Kier molecular flexibility index (Phi) is 13.2. The molecule has 0 radical (unpaired) electrons. The van der Waals surface area contributed by atoms with Crippen molar-refractivity contribution in [2.75, 3.05) is 27.3 Å². The van der Waals surface area contributed by atoms with Crippen molar-refractivity contribution in [3.05, 3.63) is 71.5 Å². The van der Waals surface area contributed by atoms with E-state index in [2.05, 4.69) is 28.3 Å². The molecule has 6 atom stereocenters. The monoisotopic (exact) mass is 888 g/mol. The molecule has 2 aromatic carbocycles. The lowest BCUT2D eigenvalue weighted by molar-refractivity contribution is -0.159. The van der Waals surface area contributed by atoms with Crippen LogP contribution in [0.3, 0.4) is 0 Å². The van der Waals surface area contributed by atoms with Crippen molar-refractivity contribution in [1.82, 2.24) is 30.2 Å². The molecule has 1 saturated heterocycles. The molecular formula is C48H59F3N6O7. The van der Waals surface area contributed by atoms with E-state index in [9.17, 15) is 37.5 Å². The first-order valence-corrected chi connectivity index (χ1v) is 22.1. The summed E-state index contributed by atoms with van der Waals surface area (Å²) < 4.78 is 54.5. The van der Waals surface area contributed by atoms with Crippen LogP contribution in [-0.4, -0.2) is 99.9 Å². The SMILES string of the molecule is CCn1c(-c2cccnc2[C@H](C)OC)c2c3cc(ccc31)-c1cc(O)cc(c1)C[C@H](NC(=O)[C@H](C(C)C)N(C)C(=O)[C@@H]1C[C@@H]1C(F)(F)F)C(=O)N1CCC[C@H](N1)C(=O)OCC(C)(C)C2. The van der Waals surface area contributed by atoms with Gasteiger partial charge in [0.2, 0.25) is 11.8 Å². The van der Waals surface area contributed by atoms with Crippen LogP contribution in [0.25, 0.3) is 33.3 Å². The fraction of sp³-hybridized carbons (Fsp3) is 0.521. The molecule has 3 aliphatic rings. The average Bonchev–Trinajstić information content (AvgIpc) is 4.02. The summed E-state index contributed by atoms with van der Waals surface area (Å²) in [5.74, 6) is -6.29. The maximum atomic E-state index is 14.6. The number of aromatic nitrogens is 2. The zero-order valence-corrected chi connectivity index (χ0v) is 37.7. The Balaban J connectivity index is 1.33. The molecule has 2 aromatic heterocycles. The molecule has 3 amide bonds. The minimum absolute atomic E-state index is 0.0618. The summed E-state index contributed by atoms with van der Waals surface area (Å²) in [6.45, 7) is 12.4. The Morgan fingerprint density at radius 1 is 1.11 bits per heavy atom. The zero-order valence-electron chi connectivity index (χ0n) is 37.7. The highest BCUT2D eigenvalue weighted by molar-refractivity contribution is 5.96. The molecule has 4 aromatic rings. The number of pyridine rings is 1. The lowest BCUT2D eigenvalue weighted by atomic mass is 9.84. The van der Waals surface area contributed by atoms with Gasteiger partial charge >= 0.3 is 12.1 Å². The number of nitrogens with one attached hydrogen (secondary N) is 2. The van der Waals surface area contributed by atoms with Crippen LogP contribution < -0.4 is 10.7 Å².